The van der Waals surface area contributed by atoms with Gasteiger partial charge in [0.25, 0.3) is 0 Å². The minimum absolute atomic E-state index is 0.120. The number of aliphatic hydroxyl groups is 1. The summed E-state index contributed by atoms with van der Waals surface area (Å²) in [6.45, 7) is 0. The quantitative estimate of drug-likeness (QED) is 0.518. The fourth-order valence-corrected chi connectivity index (χ4v) is 3.16. The van der Waals surface area contributed by atoms with Crippen molar-refractivity contribution in [1.82, 2.24) is 0 Å². The lowest BCUT2D eigenvalue weighted by molar-refractivity contribution is -0.900. The number of quaternary nitrogens is 1. The Bertz CT molecular complexity index is 264. The van der Waals surface area contributed by atoms with Gasteiger partial charge in [-0.15, -0.1) is 0 Å². The normalized spacial score (nSPS) is 37.1. The van der Waals surface area contributed by atoms with E-state index in [0.29, 0.717) is 12.0 Å². The van der Waals surface area contributed by atoms with Gasteiger partial charge in [0.05, 0.1) is 21.1 Å². The molecule has 0 saturated heterocycles. The highest BCUT2D eigenvalue weighted by Gasteiger charge is 2.40. The van der Waals surface area contributed by atoms with Crippen molar-refractivity contribution in [3.63, 3.8) is 0 Å². The van der Waals surface area contributed by atoms with E-state index in [1.165, 1.54) is 25.7 Å². The summed E-state index contributed by atoms with van der Waals surface area (Å²) in [5.41, 5.74) is 1.54. The van der Waals surface area contributed by atoms with Crippen molar-refractivity contribution in [2.75, 3.05) is 21.1 Å². The van der Waals surface area contributed by atoms with Crippen LogP contribution in [-0.2, 0) is 0 Å². The van der Waals surface area contributed by atoms with Crippen LogP contribution in [0.1, 0.15) is 32.1 Å². The molecule has 86 valence electrons. The van der Waals surface area contributed by atoms with E-state index in [-0.39, 0.29) is 6.10 Å². The number of aliphatic hydroxyl groups excluding tert-OH is 1. The summed E-state index contributed by atoms with van der Waals surface area (Å²) in [4.78, 5) is 0. The number of fused-ring (bicyclic) bond motifs is 1. The van der Waals surface area contributed by atoms with Crippen molar-refractivity contribution in [2.24, 2.45) is 5.92 Å². The van der Waals surface area contributed by atoms with E-state index in [9.17, 15) is 5.11 Å². The molecule has 0 heterocycles. The first-order valence-electron chi connectivity index (χ1n) is 6.18. The fourth-order valence-electron chi connectivity index (χ4n) is 3.16. The van der Waals surface area contributed by atoms with Crippen LogP contribution in [-0.4, -0.2) is 42.9 Å². The molecular formula is C13H24NO+. The van der Waals surface area contributed by atoms with Crippen LogP contribution in [0.15, 0.2) is 11.6 Å². The first-order valence-corrected chi connectivity index (χ1v) is 6.18. The van der Waals surface area contributed by atoms with Crippen molar-refractivity contribution >= 4 is 0 Å². The topological polar surface area (TPSA) is 20.2 Å². The predicted octanol–water partition coefficient (Wildman–Crippen LogP) is 1.94. The first kappa shape index (κ1) is 11.2. The van der Waals surface area contributed by atoms with E-state index in [4.69, 9.17) is 0 Å². The van der Waals surface area contributed by atoms with Gasteiger partial charge in [-0.3, -0.25) is 0 Å². The number of nitrogens with zero attached hydrogens (tertiary/aromatic N) is 1. The molecule has 3 atom stereocenters. The molecule has 0 radical (unpaired) electrons. The second-order valence-corrected chi connectivity index (χ2v) is 6.04. The zero-order valence-electron chi connectivity index (χ0n) is 10.2. The Balaban J connectivity index is 2.18. The Labute approximate surface area is 93.2 Å². The predicted molar refractivity (Wildman–Crippen MR) is 62.5 cm³/mol. The van der Waals surface area contributed by atoms with Crippen molar-refractivity contribution in [3.05, 3.63) is 11.6 Å². The second kappa shape index (κ2) is 3.91. The maximum Gasteiger partial charge on any atom is 0.119 e. The third kappa shape index (κ3) is 2.11. The third-order valence-corrected chi connectivity index (χ3v) is 4.13. The lowest BCUT2D eigenvalue weighted by atomic mass is 9.73. The summed E-state index contributed by atoms with van der Waals surface area (Å²) in [6.07, 6.45) is 8.38. The standard InChI is InChI=1S/C13H24NO/c1-14(2,3)12-9-8-10-6-4-5-7-11(10)13(12)15/h8,11-13,15H,4-7,9H2,1-3H3/q+1. The van der Waals surface area contributed by atoms with Gasteiger partial charge in [0.15, 0.2) is 0 Å². The minimum atomic E-state index is -0.120. The highest BCUT2D eigenvalue weighted by Crippen LogP contribution is 2.38. The van der Waals surface area contributed by atoms with E-state index < -0.39 is 0 Å². The first-order chi connectivity index (χ1) is 7.00. The summed E-state index contributed by atoms with van der Waals surface area (Å²) in [7, 11) is 6.57. The molecule has 1 saturated carbocycles. The van der Waals surface area contributed by atoms with Crippen molar-refractivity contribution < 1.29 is 9.59 Å². The molecule has 0 aromatic carbocycles. The molecule has 0 aliphatic heterocycles. The van der Waals surface area contributed by atoms with E-state index in [1.54, 1.807) is 5.57 Å². The molecule has 15 heavy (non-hydrogen) atoms. The maximum absolute atomic E-state index is 10.4. The molecule has 0 aromatic rings. The van der Waals surface area contributed by atoms with Crippen LogP contribution in [0.4, 0.5) is 0 Å². The SMILES string of the molecule is C[N+](C)(C)C1CC=C2CCCCC2C1O. The number of likely N-dealkylation sites (N-methyl/N-ethyl adjacent to an activating group) is 1. The molecule has 0 bridgehead atoms. The zero-order valence-corrected chi connectivity index (χ0v) is 10.2. The highest BCUT2D eigenvalue weighted by molar-refractivity contribution is 5.16. The van der Waals surface area contributed by atoms with Gasteiger partial charge in [-0.25, -0.2) is 0 Å². The van der Waals surface area contributed by atoms with Gasteiger partial charge in [-0.1, -0.05) is 18.1 Å². The number of hydrogen-bond donors (Lipinski definition) is 1. The average molecular weight is 210 g/mol. The molecule has 0 amide bonds. The Morgan fingerprint density at radius 3 is 2.67 bits per heavy atom. The van der Waals surface area contributed by atoms with E-state index >= 15 is 0 Å². The van der Waals surface area contributed by atoms with Crippen LogP contribution in [0.5, 0.6) is 0 Å². The van der Waals surface area contributed by atoms with Crippen LogP contribution in [0.3, 0.4) is 0 Å². The zero-order chi connectivity index (χ0) is 11.1. The molecule has 0 spiro atoms. The summed E-state index contributed by atoms with van der Waals surface area (Å²) in [5.74, 6) is 0.467. The molecule has 2 nitrogen and oxygen atoms in total. The smallest absolute Gasteiger partial charge is 0.119 e. The molecule has 1 N–H and O–H groups in total. The second-order valence-electron chi connectivity index (χ2n) is 6.04. The monoisotopic (exact) mass is 210 g/mol. The van der Waals surface area contributed by atoms with Crippen LogP contribution < -0.4 is 0 Å². The van der Waals surface area contributed by atoms with Crippen molar-refractivity contribution in [3.8, 4) is 0 Å². The largest absolute Gasteiger partial charge is 0.386 e. The summed E-state index contributed by atoms with van der Waals surface area (Å²) >= 11 is 0. The van der Waals surface area contributed by atoms with Gasteiger partial charge in [-0.2, -0.15) is 0 Å². The van der Waals surface area contributed by atoms with E-state index in [0.717, 1.165) is 10.9 Å². The Morgan fingerprint density at radius 1 is 1.27 bits per heavy atom. The summed E-state index contributed by atoms with van der Waals surface area (Å²) in [5, 5.41) is 10.4. The van der Waals surface area contributed by atoms with Gasteiger partial charge < -0.3 is 9.59 Å². The molecule has 0 aromatic heterocycles. The molecule has 1 fully saturated rings. The van der Waals surface area contributed by atoms with Crippen molar-refractivity contribution in [2.45, 2.75) is 44.2 Å². The molecule has 2 aliphatic rings. The van der Waals surface area contributed by atoms with Gasteiger partial charge in [0, 0.05) is 12.3 Å². The number of hydrogen-bond acceptors (Lipinski definition) is 1. The average Bonchev–Trinajstić information content (AvgIpc) is 2.16. The van der Waals surface area contributed by atoms with Gasteiger partial charge >= 0.3 is 0 Å². The van der Waals surface area contributed by atoms with Gasteiger partial charge in [-0.05, 0) is 19.3 Å². The lowest BCUT2D eigenvalue weighted by Gasteiger charge is -2.44. The van der Waals surface area contributed by atoms with E-state index in [2.05, 4.69) is 27.2 Å². The third-order valence-electron chi connectivity index (χ3n) is 4.13. The Hall–Kier alpha value is -0.340. The fraction of sp³-hybridized carbons (Fsp3) is 0.846. The van der Waals surface area contributed by atoms with Crippen LogP contribution >= 0.6 is 0 Å². The van der Waals surface area contributed by atoms with Crippen LogP contribution in [0.2, 0.25) is 0 Å². The Kier molecular flexibility index (Phi) is 2.91. The van der Waals surface area contributed by atoms with E-state index in [1.807, 2.05) is 0 Å². The van der Waals surface area contributed by atoms with Gasteiger partial charge in [0.2, 0.25) is 0 Å². The van der Waals surface area contributed by atoms with Gasteiger partial charge in [0.1, 0.15) is 12.1 Å². The summed E-state index contributed by atoms with van der Waals surface area (Å²) < 4.78 is 0.876. The Morgan fingerprint density at radius 2 is 2.00 bits per heavy atom. The molecular weight excluding hydrogens is 186 g/mol. The maximum atomic E-state index is 10.4. The van der Waals surface area contributed by atoms with Crippen LogP contribution in [0.25, 0.3) is 0 Å². The lowest BCUT2D eigenvalue weighted by Crippen LogP contribution is -2.55. The summed E-state index contributed by atoms with van der Waals surface area (Å²) in [6, 6.07) is 0.386. The highest BCUT2D eigenvalue weighted by atomic mass is 16.3. The molecule has 2 rings (SSSR count). The molecule has 2 heteroatoms. The minimum Gasteiger partial charge on any atom is -0.386 e. The van der Waals surface area contributed by atoms with Crippen LogP contribution in [0, 0.1) is 5.92 Å². The molecule has 2 aliphatic carbocycles. The van der Waals surface area contributed by atoms with Crippen molar-refractivity contribution in [1.29, 1.82) is 0 Å². The number of rotatable bonds is 1. The molecule has 3 unspecified atom stereocenters.